The number of benzene rings is 1. The third-order valence-electron chi connectivity index (χ3n) is 2.40. The van der Waals surface area contributed by atoms with Crippen molar-refractivity contribution in [3.05, 3.63) is 45.9 Å². The predicted octanol–water partition coefficient (Wildman–Crippen LogP) is 2.69. The molecule has 0 amide bonds. The van der Waals surface area contributed by atoms with Crippen LogP contribution in [-0.4, -0.2) is 16.6 Å². The zero-order valence-electron chi connectivity index (χ0n) is 8.85. The molecule has 0 aliphatic rings. The van der Waals surface area contributed by atoms with E-state index in [1.165, 1.54) is 17.1 Å². The molecule has 3 nitrogen and oxygen atoms in total. The highest BCUT2D eigenvalue weighted by Crippen LogP contribution is 2.21. The molecule has 2 rings (SSSR count). The molecule has 16 heavy (non-hydrogen) atoms. The summed E-state index contributed by atoms with van der Waals surface area (Å²) in [7, 11) is 1.94. The van der Waals surface area contributed by atoms with Crippen molar-refractivity contribution in [2.24, 2.45) is 0 Å². The first-order valence-corrected chi connectivity index (χ1v) is 6.13. The van der Waals surface area contributed by atoms with Gasteiger partial charge in [0.15, 0.2) is 0 Å². The highest BCUT2D eigenvalue weighted by atomic mass is 35.5. The molecule has 0 saturated heterocycles. The van der Waals surface area contributed by atoms with Gasteiger partial charge in [0.1, 0.15) is 0 Å². The Morgan fingerprint density at radius 1 is 1.50 bits per heavy atom. The van der Waals surface area contributed by atoms with E-state index in [4.69, 9.17) is 11.6 Å². The second-order valence-corrected chi connectivity index (χ2v) is 4.75. The van der Waals surface area contributed by atoms with Crippen LogP contribution in [0.1, 0.15) is 16.5 Å². The number of rotatable bonds is 4. The monoisotopic (exact) mass is 253 g/mol. The van der Waals surface area contributed by atoms with Gasteiger partial charge in [-0.2, -0.15) is 0 Å². The van der Waals surface area contributed by atoms with Gasteiger partial charge < -0.3 is 5.32 Å². The van der Waals surface area contributed by atoms with Crippen LogP contribution in [0.3, 0.4) is 0 Å². The molecule has 1 atom stereocenters. The maximum atomic E-state index is 5.95. The van der Waals surface area contributed by atoms with Crippen molar-refractivity contribution < 1.29 is 0 Å². The van der Waals surface area contributed by atoms with Gasteiger partial charge in [0, 0.05) is 11.1 Å². The molecule has 84 valence electrons. The fourth-order valence-electron chi connectivity index (χ4n) is 1.57. The van der Waals surface area contributed by atoms with Crippen molar-refractivity contribution in [2.75, 3.05) is 7.05 Å². The van der Waals surface area contributed by atoms with Crippen LogP contribution < -0.4 is 5.32 Å². The Bertz CT molecular complexity index is 444. The van der Waals surface area contributed by atoms with Gasteiger partial charge in [0.2, 0.25) is 0 Å². The van der Waals surface area contributed by atoms with Crippen LogP contribution in [0.15, 0.2) is 30.5 Å². The van der Waals surface area contributed by atoms with E-state index >= 15 is 0 Å². The molecule has 0 fully saturated rings. The number of nitrogens with zero attached hydrogens (tertiary/aromatic N) is 2. The smallest absolute Gasteiger partial charge is 0.0669 e. The molecule has 0 aliphatic heterocycles. The first-order chi connectivity index (χ1) is 7.79. The minimum absolute atomic E-state index is 0.249. The van der Waals surface area contributed by atoms with Gasteiger partial charge in [-0.05, 0) is 42.7 Å². The maximum Gasteiger partial charge on any atom is 0.0669 e. The van der Waals surface area contributed by atoms with Crippen LogP contribution >= 0.6 is 23.1 Å². The zero-order chi connectivity index (χ0) is 11.4. The Kier molecular flexibility index (Phi) is 3.88. The van der Waals surface area contributed by atoms with Crippen molar-refractivity contribution >= 4 is 23.1 Å². The minimum atomic E-state index is 0.249. The number of hydrogen-bond donors (Lipinski definition) is 1. The standard InChI is InChI=1S/C11H12ClN3S/c1-13-10(11-7-14-15-16-11)6-8-3-2-4-9(12)5-8/h2-5,7,10,13H,6H2,1H3. The van der Waals surface area contributed by atoms with Crippen molar-refractivity contribution in [3.63, 3.8) is 0 Å². The molecule has 0 saturated carbocycles. The van der Waals surface area contributed by atoms with Crippen LogP contribution in [0.5, 0.6) is 0 Å². The molecule has 0 bridgehead atoms. The van der Waals surface area contributed by atoms with Crippen LogP contribution in [0.4, 0.5) is 0 Å². The Hall–Kier alpha value is -0.970. The summed E-state index contributed by atoms with van der Waals surface area (Å²) in [4.78, 5) is 1.14. The average molecular weight is 254 g/mol. The molecular formula is C11H12ClN3S. The maximum absolute atomic E-state index is 5.95. The fourth-order valence-corrected chi connectivity index (χ4v) is 2.40. The third kappa shape index (κ3) is 2.78. The van der Waals surface area contributed by atoms with E-state index in [2.05, 4.69) is 21.0 Å². The van der Waals surface area contributed by atoms with Crippen molar-refractivity contribution in [3.8, 4) is 0 Å². The summed E-state index contributed by atoms with van der Waals surface area (Å²) >= 11 is 7.38. The van der Waals surface area contributed by atoms with Crippen LogP contribution in [0.25, 0.3) is 0 Å². The van der Waals surface area contributed by atoms with E-state index in [1.54, 1.807) is 6.20 Å². The summed E-state index contributed by atoms with van der Waals surface area (Å²) in [5.74, 6) is 0. The lowest BCUT2D eigenvalue weighted by molar-refractivity contribution is 0.601. The highest BCUT2D eigenvalue weighted by Gasteiger charge is 2.12. The Labute approximate surface area is 104 Å². The topological polar surface area (TPSA) is 37.8 Å². The van der Waals surface area contributed by atoms with Crippen molar-refractivity contribution in [1.82, 2.24) is 14.9 Å². The lowest BCUT2D eigenvalue weighted by atomic mass is 10.1. The number of aromatic nitrogens is 2. The summed E-state index contributed by atoms with van der Waals surface area (Å²) in [6.45, 7) is 0. The molecule has 1 unspecified atom stereocenters. The Balaban J connectivity index is 2.13. The van der Waals surface area contributed by atoms with Gasteiger partial charge in [-0.15, -0.1) is 5.10 Å². The molecule has 0 radical (unpaired) electrons. The minimum Gasteiger partial charge on any atom is -0.312 e. The molecule has 2 aromatic rings. The van der Waals surface area contributed by atoms with E-state index in [9.17, 15) is 0 Å². The fraction of sp³-hybridized carbons (Fsp3) is 0.273. The first kappa shape index (κ1) is 11.5. The molecule has 1 aromatic heterocycles. The number of halogens is 1. The average Bonchev–Trinajstić information content (AvgIpc) is 2.79. The molecular weight excluding hydrogens is 242 g/mol. The summed E-state index contributed by atoms with van der Waals surface area (Å²) < 4.78 is 3.88. The van der Waals surface area contributed by atoms with Crippen LogP contribution in [-0.2, 0) is 6.42 Å². The largest absolute Gasteiger partial charge is 0.312 e. The lowest BCUT2D eigenvalue weighted by Crippen LogP contribution is -2.17. The first-order valence-electron chi connectivity index (χ1n) is 4.98. The van der Waals surface area contributed by atoms with Gasteiger partial charge in [-0.25, -0.2) is 0 Å². The van der Waals surface area contributed by atoms with Crippen LogP contribution in [0.2, 0.25) is 5.02 Å². The molecule has 1 heterocycles. The van der Waals surface area contributed by atoms with Gasteiger partial charge in [0.25, 0.3) is 0 Å². The Morgan fingerprint density at radius 2 is 2.38 bits per heavy atom. The highest BCUT2D eigenvalue weighted by molar-refractivity contribution is 7.05. The summed E-state index contributed by atoms with van der Waals surface area (Å²) in [6, 6.07) is 8.16. The van der Waals surface area contributed by atoms with Crippen molar-refractivity contribution in [2.45, 2.75) is 12.5 Å². The van der Waals surface area contributed by atoms with Crippen LogP contribution in [0, 0.1) is 0 Å². The molecule has 0 spiro atoms. The quantitative estimate of drug-likeness (QED) is 0.911. The third-order valence-corrected chi connectivity index (χ3v) is 3.41. The normalized spacial score (nSPS) is 12.6. The second-order valence-electron chi connectivity index (χ2n) is 3.50. The van der Waals surface area contributed by atoms with E-state index in [1.807, 2.05) is 25.2 Å². The van der Waals surface area contributed by atoms with Crippen molar-refractivity contribution in [1.29, 1.82) is 0 Å². The van der Waals surface area contributed by atoms with Gasteiger partial charge >= 0.3 is 0 Å². The zero-order valence-corrected chi connectivity index (χ0v) is 10.4. The molecule has 1 aromatic carbocycles. The molecule has 1 N–H and O–H groups in total. The number of nitrogens with one attached hydrogen (secondary N) is 1. The van der Waals surface area contributed by atoms with E-state index in [0.717, 1.165) is 16.3 Å². The van der Waals surface area contributed by atoms with Gasteiger partial charge in [0.05, 0.1) is 11.1 Å². The SMILES string of the molecule is CNC(Cc1cccc(Cl)c1)c1cnns1. The summed E-state index contributed by atoms with van der Waals surface area (Å²) in [5, 5.41) is 7.89. The van der Waals surface area contributed by atoms with E-state index in [-0.39, 0.29) is 6.04 Å². The van der Waals surface area contributed by atoms with Gasteiger partial charge in [-0.1, -0.05) is 28.2 Å². The van der Waals surface area contributed by atoms with E-state index < -0.39 is 0 Å². The molecule has 0 aliphatic carbocycles. The lowest BCUT2D eigenvalue weighted by Gasteiger charge is -2.13. The number of likely N-dealkylation sites (N-methyl/N-ethyl adjacent to an activating group) is 1. The van der Waals surface area contributed by atoms with E-state index in [0.29, 0.717) is 0 Å². The molecule has 5 heteroatoms. The number of hydrogen-bond acceptors (Lipinski definition) is 4. The second kappa shape index (κ2) is 5.39. The predicted molar refractivity (Wildman–Crippen MR) is 66.9 cm³/mol. The van der Waals surface area contributed by atoms with Gasteiger partial charge in [-0.3, -0.25) is 0 Å². The Morgan fingerprint density at radius 3 is 3.00 bits per heavy atom. The summed E-state index contributed by atoms with van der Waals surface area (Å²) in [5.41, 5.74) is 1.21. The summed E-state index contributed by atoms with van der Waals surface area (Å²) in [6.07, 6.45) is 2.69.